The van der Waals surface area contributed by atoms with Crippen molar-refractivity contribution >= 4 is 7.67 Å². The first kappa shape index (κ1) is 13.4. The van der Waals surface area contributed by atoms with Gasteiger partial charge in [-0.05, 0) is 0 Å². The zero-order valence-electron chi connectivity index (χ0n) is 9.67. The topological polar surface area (TPSA) is 86.3 Å². The fourth-order valence-electron chi connectivity index (χ4n) is 1.73. The van der Waals surface area contributed by atoms with Crippen LogP contribution in [0.25, 0.3) is 0 Å². The van der Waals surface area contributed by atoms with Crippen LogP contribution in [0.4, 0.5) is 0 Å². The summed E-state index contributed by atoms with van der Waals surface area (Å²) in [6.07, 6.45) is 0. The minimum absolute atomic E-state index is 0.574. The van der Waals surface area contributed by atoms with Gasteiger partial charge in [-0.15, -0.1) is 0 Å². The molecule has 2 fully saturated rings. The molecule has 2 saturated heterocycles. The number of nitrogens with zero attached hydrogens (tertiary/aromatic N) is 2. The van der Waals surface area contributed by atoms with Crippen LogP contribution in [0.5, 0.6) is 0 Å². The predicted molar refractivity (Wildman–Crippen MR) is 60.9 cm³/mol. The van der Waals surface area contributed by atoms with Gasteiger partial charge in [-0.25, -0.2) is 10.0 Å². The molecular formula is C8H19N4O4P. The van der Waals surface area contributed by atoms with E-state index in [9.17, 15) is 9.46 Å². The van der Waals surface area contributed by atoms with Crippen LogP contribution in [0, 0.1) is 0 Å². The Balaban J connectivity index is 1.78. The van der Waals surface area contributed by atoms with Crippen molar-refractivity contribution in [2.45, 2.75) is 0 Å². The maximum atomic E-state index is 11.9. The van der Waals surface area contributed by atoms with Crippen molar-refractivity contribution in [1.82, 2.24) is 20.4 Å². The van der Waals surface area contributed by atoms with Gasteiger partial charge in [0.15, 0.2) is 0 Å². The van der Waals surface area contributed by atoms with Crippen LogP contribution in [-0.2, 0) is 14.0 Å². The van der Waals surface area contributed by atoms with Gasteiger partial charge in [0, 0.05) is 26.2 Å². The van der Waals surface area contributed by atoms with E-state index in [0.29, 0.717) is 52.6 Å². The molecule has 0 aliphatic carbocycles. The highest BCUT2D eigenvalue weighted by atomic mass is 31.2. The molecule has 2 aliphatic heterocycles. The minimum Gasteiger partial charge on any atom is -0.379 e. The first-order valence-electron chi connectivity index (χ1n) is 5.70. The molecule has 100 valence electrons. The molecule has 0 aromatic rings. The van der Waals surface area contributed by atoms with E-state index in [4.69, 9.17) is 9.47 Å². The van der Waals surface area contributed by atoms with Crippen LogP contribution in [0.3, 0.4) is 0 Å². The third kappa shape index (κ3) is 4.61. The van der Waals surface area contributed by atoms with E-state index in [1.54, 1.807) is 10.0 Å². The lowest BCUT2D eigenvalue weighted by Crippen LogP contribution is -2.50. The maximum Gasteiger partial charge on any atom is 0.365 e. The lowest BCUT2D eigenvalue weighted by atomic mass is 10.5. The first-order chi connectivity index (χ1) is 8.16. The molecule has 2 aliphatic rings. The van der Waals surface area contributed by atoms with E-state index < -0.39 is 7.67 Å². The van der Waals surface area contributed by atoms with Gasteiger partial charge >= 0.3 is 7.67 Å². The lowest BCUT2D eigenvalue weighted by Gasteiger charge is -2.33. The standard InChI is InChI=1S/C8H19N4O4P/c13-17(14,9-11-1-5-15-6-2-11)10-12-3-7-16-8-4-12/h1-8H2,(H3,9,10,13,14). The monoisotopic (exact) mass is 266 g/mol. The molecule has 0 unspecified atom stereocenters. The first-order valence-corrected chi connectivity index (χ1v) is 7.36. The molecule has 17 heavy (non-hydrogen) atoms. The summed E-state index contributed by atoms with van der Waals surface area (Å²) in [4.78, 5) is 9.79. The summed E-state index contributed by atoms with van der Waals surface area (Å²) in [5.74, 6) is 0. The molecule has 0 spiro atoms. The van der Waals surface area contributed by atoms with E-state index in [-0.39, 0.29) is 0 Å². The molecule has 0 bridgehead atoms. The highest BCUT2D eigenvalue weighted by Gasteiger charge is 2.26. The normalized spacial score (nSPS) is 25.0. The minimum atomic E-state index is -3.59. The summed E-state index contributed by atoms with van der Waals surface area (Å²) in [6, 6.07) is 0. The Labute approximate surface area is 100 Å². The Morgan fingerprint density at radius 1 is 0.882 bits per heavy atom. The van der Waals surface area contributed by atoms with Crippen molar-refractivity contribution in [3.05, 3.63) is 0 Å². The largest absolute Gasteiger partial charge is 0.379 e. The van der Waals surface area contributed by atoms with Crippen LogP contribution in [0.1, 0.15) is 0 Å². The Kier molecular flexibility index (Phi) is 4.89. The molecule has 2 heterocycles. The predicted octanol–water partition coefficient (Wildman–Crippen LogP) is -1.24. The number of hydrazine groups is 2. The van der Waals surface area contributed by atoms with Gasteiger partial charge in [0.25, 0.3) is 0 Å². The maximum absolute atomic E-state index is 11.9. The van der Waals surface area contributed by atoms with E-state index in [2.05, 4.69) is 10.4 Å². The van der Waals surface area contributed by atoms with Crippen LogP contribution < -0.4 is 10.4 Å². The highest BCUT2D eigenvalue weighted by Crippen LogP contribution is 2.30. The number of hydrogen-bond acceptors (Lipinski definition) is 5. The van der Waals surface area contributed by atoms with Crippen molar-refractivity contribution in [3.63, 3.8) is 0 Å². The number of morpholine rings is 2. The Morgan fingerprint density at radius 2 is 1.24 bits per heavy atom. The summed E-state index contributed by atoms with van der Waals surface area (Å²) in [7, 11) is -3.59. The average Bonchev–Trinajstić information content (AvgIpc) is 2.30. The Bertz CT molecular complexity index is 257. The van der Waals surface area contributed by atoms with Gasteiger partial charge in [-0.3, -0.25) is 4.57 Å². The fourth-order valence-corrected chi connectivity index (χ4v) is 2.94. The molecule has 0 atom stereocenters. The fraction of sp³-hybridized carbons (Fsp3) is 1.00. The third-order valence-electron chi connectivity index (χ3n) is 2.58. The second kappa shape index (κ2) is 6.21. The molecule has 3 N–H and O–H groups in total. The molecule has 0 amide bonds. The van der Waals surface area contributed by atoms with Crippen molar-refractivity contribution in [2.24, 2.45) is 0 Å². The van der Waals surface area contributed by atoms with Crippen molar-refractivity contribution < 1.29 is 18.9 Å². The highest BCUT2D eigenvalue weighted by molar-refractivity contribution is 7.53. The number of rotatable bonds is 4. The Morgan fingerprint density at radius 3 is 1.59 bits per heavy atom. The zero-order chi connectivity index (χ0) is 12.1. The smallest absolute Gasteiger partial charge is 0.365 e. The van der Waals surface area contributed by atoms with Crippen molar-refractivity contribution in [1.29, 1.82) is 0 Å². The van der Waals surface area contributed by atoms with E-state index in [0.717, 1.165) is 0 Å². The van der Waals surface area contributed by atoms with Gasteiger partial charge in [0.1, 0.15) is 0 Å². The molecule has 8 nitrogen and oxygen atoms in total. The quantitative estimate of drug-likeness (QED) is 0.545. The molecule has 2 rings (SSSR count). The van der Waals surface area contributed by atoms with Crippen LogP contribution in [0.2, 0.25) is 0 Å². The van der Waals surface area contributed by atoms with E-state index >= 15 is 0 Å². The summed E-state index contributed by atoms with van der Waals surface area (Å²) >= 11 is 0. The summed E-state index contributed by atoms with van der Waals surface area (Å²) in [5.41, 5.74) is 0. The second-order valence-corrected chi connectivity index (χ2v) is 5.53. The van der Waals surface area contributed by atoms with Gasteiger partial charge in [0.05, 0.1) is 26.4 Å². The summed E-state index contributed by atoms with van der Waals surface area (Å²) in [6.45, 7) is 4.72. The van der Waals surface area contributed by atoms with Crippen LogP contribution in [-0.4, -0.2) is 67.5 Å². The van der Waals surface area contributed by atoms with Gasteiger partial charge in [-0.1, -0.05) is 0 Å². The average molecular weight is 266 g/mol. The van der Waals surface area contributed by atoms with Gasteiger partial charge < -0.3 is 14.4 Å². The molecule has 0 saturated carbocycles. The molecule has 9 heteroatoms. The Hall–Kier alpha value is -0.0500. The molecule has 0 aromatic carbocycles. The number of hydrogen-bond donors (Lipinski definition) is 3. The number of ether oxygens (including phenoxy) is 2. The number of nitrogens with one attached hydrogen (secondary N) is 2. The summed E-state index contributed by atoms with van der Waals surface area (Å²) < 4.78 is 22.2. The second-order valence-electron chi connectivity index (χ2n) is 3.97. The van der Waals surface area contributed by atoms with E-state index in [1.165, 1.54) is 0 Å². The van der Waals surface area contributed by atoms with Gasteiger partial charge in [-0.2, -0.15) is 10.4 Å². The van der Waals surface area contributed by atoms with Crippen LogP contribution >= 0.6 is 7.67 Å². The summed E-state index contributed by atoms with van der Waals surface area (Å²) in [5, 5.41) is 8.64. The van der Waals surface area contributed by atoms with Crippen molar-refractivity contribution in [3.8, 4) is 0 Å². The lowest BCUT2D eigenvalue weighted by molar-refractivity contribution is 0.0148. The van der Waals surface area contributed by atoms with E-state index in [1.807, 2.05) is 0 Å². The zero-order valence-corrected chi connectivity index (χ0v) is 10.6. The van der Waals surface area contributed by atoms with Crippen molar-refractivity contribution in [2.75, 3.05) is 52.6 Å². The van der Waals surface area contributed by atoms with Crippen LogP contribution in [0.15, 0.2) is 0 Å². The third-order valence-corrected chi connectivity index (χ3v) is 3.68. The molecule has 0 radical (unpaired) electrons. The van der Waals surface area contributed by atoms with Gasteiger partial charge in [0.2, 0.25) is 0 Å². The SMILES string of the molecule is O=P(O)(NN1CCOCC1)NN1CCOCC1. The molecule has 0 aromatic heterocycles. The molecular weight excluding hydrogens is 247 g/mol.